The number of nitrogens with two attached hydrogens (primary N) is 1. The van der Waals surface area contributed by atoms with Gasteiger partial charge in [0.15, 0.2) is 23.2 Å². The molecule has 1 aromatic carbocycles. The fourth-order valence-electron chi connectivity index (χ4n) is 1.30. The molecule has 0 atom stereocenters. The molecule has 1 aromatic heterocycles. The van der Waals surface area contributed by atoms with E-state index in [0.29, 0.717) is 0 Å². The van der Waals surface area contributed by atoms with Crippen molar-refractivity contribution in [2.75, 3.05) is 5.73 Å². The summed E-state index contributed by atoms with van der Waals surface area (Å²) < 4.78 is 39.3. The monoisotopic (exact) mass is 229 g/mol. The Kier molecular flexibility index (Phi) is 2.22. The number of aromatic hydroxyl groups is 1. The molecule has 4 nitrogen and oxygen atoms in total. The van der Waals surface area contributed by atoms with Gasteiger partial charge in [0.05, 0.1) is 11.3 Å². The Balaban J connectivity index is 2.73. The smallest absolute Gasteiger partial charge is 0.172 e. The van der Waals surface area contributed by atoms with Gasteiger partial charge in [0.25, 0.3) is 0 Å². The first-order valence-corrected chi connectivity index (χ1v) is 4.18. The molecular weight excluding hydrogens is 223 g/mol. The Morgan fingerprint density at radius 3 is 2.44 bits per heavy atom. The van der Waals surface area contributed by atoms with Crippen molar-refractivity contribution in [3.05, 3.63) is 29.6 Å². The third kappa shape index (κ3) is 1.46. The molecular formula is C9H6F3N3O. The fourth-order valence-corrected chi connectivity index (χ4v) is 1.30. The van der Waals surface area contributed by atoms with E-state index < -0.39 is 28.8 Å². The number of anilines is 1. The Hall–Kier alpha value is -2.18. The quantitative estimate of drug-likeness (QED) is 0.652. The molecule has 0 unspecified atom stereocenters. The van der Waals surface area contributed by atoms with Crippen LogP contribution >= 0.6 is 0 Å². The molecule has 1 heterocycles. The fraction of sp³-hybridized carbons (Fsp3) is 0. The molecule has 0 saturated heterocycles. The molecule has 0 amide bonds. The molecule has 2 rings (SSSR count). The summed E-state index contributed by atoms with van der Waals surface area (Å²) >= 11 is 0. The number of nitrogen functional groups attached to an aromatic ring is 1. The van der Waals surface area contributed by atoms with Gasteiger partial charge in [-0.1, -0.05) is 0 Å². The van der Waals surface area contributed by atoms with Crippen molar-refractivity contribution in [3.63, 3.8) is 0 Å². The maximum Gasteiger partial charge on any atom is 0.172 e. The summed E-state index contributed by atoms with van der Waals surface area (Å²) in [5.41, 5.74) is 4.52. The average molecular weight is 229 g/mol. The number of aromatic nitrogens is 2. The largest absolute Gasteiger partial charge is 0.504 e. The van der Waals surface area contributed by atoms with Crippen LogP contribution in [0.4, 0.5) is 19.0 Å². The molecule has 16 heavy (non-hydrogen) atoms. The van der Waals surface area contributed by atoms with E-state index in [0.717, 1.165) is 6.07 Å². The molecule has 0 saturated carbocycles. The third-order valence-electron chi connectivity index (χ3n) is 2.01. The number of hydrogen-bond acceptors (Lipinski definition) is 3. The Bertz CT molecular complexity index is 527. The second-order valence-electron chi connectivity index (χ2n) is 3.08. The van der Waals surface area contributed by atoms with Gasteiger partial charge in [-0.25, -0.2) is 13.2 Å². The van der Waals surface area contributed by atoms with Gasteiger partial charge in [-0.2, -0.15) is 5.10 Å². The van der Waals surface area contributed by atoms with E-state index in [9.17, 15) is 18.3 Å². The Morgan fingerprint density at radius 1 is 1.19 bits per heavy atom. The van der Waals surface area contributed by atoms with Gasteiger partial charge in [-0.3, -0.25) is 5.10 Å². The average Bonchev–Trinajstić information content (AvgIpc) is 2.62. The lowest BCUT2D eigenvalue weighted by Crippen LogP contribution is -1.94. The standard InChI is InChI=1S/C9H6F3N3O/c10-3-1-4(11)9(16)7(8(3)12)5-2-6(13)15-14-5/h1-2,16H,(H3,13,14,15). The number of halogens is 3. The van der Waals surface area contributed by atoms with Gasteiger partial charge < -0.3 is 10.8 Å². The molecule has 7 heteroatoms. The highest BCUT2D eigenvalue weighted by Crippen LogP contribution is 2.34. The van der Waals surface area contributed by atoms with Crippen LogP contribution in [0.15, 0.2) is 12.1 Å². The van der Waals surface area contributed by atoms with Crippen LogP contribution in [0.2, 0.25) is 0 Å². The second-order valence-corrected chi connectivity index (χ2v) is 3.08. The van der Waals surface area contributed by atoms with E-state index in [-0.39, 0.29) is 17.6 Å². The lowest BCUT2D eigenvalue weighted by Gasteiger charge is -2.05. The highest BCUT2D eigenvalue weighted by atomic mass is 19.2. The number of H-pyrrole nitrogens is 1. The minimum atomic E-state index is -1.40. The molecule has 0 aliphatic heterocycles. The van der Waals surface area contributed by atoms with Crippen molar-refractivity contribution in [1.82, 2.24) is 10.2 Å². The Morgan fingerprint density at radius 2 is 1.88 bits per heavy atom. The number of benzene rings is 1. The van der Waals surface area contributed by atoms with Crippen LogP contribution in [0, 0.1) is 17.5 Å². The zero-order chi connectivity index (χ0) is 11.9. The summed E-state index contributed by atoms with van der Waals surface area (Å²) in [6.45, 7) is 0. The van der Waals surface area contributed by atoms with Gasteiger partial charge in [-0.15, -0.1) is 0 Å². The second kappa shape index (κ2) is 3.44. The van der Waals surface area contributed by atoms with Crippen molar-refractivity contribution in [2.24, 2.45) is 0 Å². The van der Waals surface area contributed by atoms with Crippen molar-refractivity contribution in [1.29, 1.82) is 0 Å². The van der Waals surface area contributed by atoms with Crippen LogP contribution in [-0.4, -0.2) is 15.3 Å². The lowest BCUT2D eigenvalue weighted by molar-refractivity contribution is 0.416. The van der Waals surface area contributed by atoms with Gasteiger partial charge in [0, 0.05) is 12.1 Å². The van der Waals surface area contributed by atoms with E-state index >= 15 is 0 Å². The molecule has 2 aromatic rings. The normalized spacial score (nSPS) is 10.7. The minimum absolute atomic E-state index is 0.0125. The minimum Gasteiger partial charge on any atom is -0.504 e. The maximum absolute atomic E-state index is 13.3. The van der Waals surface area contributed by atoms with E-state index in [1.165, 1.54) is 0 Å². The summed E-state index contributed by atoms with van der Waals surface area (Å²) in [5, 5.41) is 15.0. The topological polar surface area (TPSA) is 74.9 Å². The van der Waals surface area contributed by atoms with Crippen molar-refractivity contribution >= 4 is 5.82 Å². The molecule has 84 valence electrons. The first-order chi connectivity index (χ1) is 7.50. The molecule has 0 bridgehead atoms. The number of phenolic OH excluding ortho intramolecular Hbond substituents is 1. The van der Waals surface area contributed by atoms with Crippen molar-refractivity contribution in [3.8, 4) is 17.0 Å². The number of nitrogens with one attached hydrogen (secondary N) is 1. The van der Waals surface area contributed by atoms with E-state index in [1.807, 2.05) is 0 Å². The lowest BCUT2D eigenvalue weighted by atomic mass is 10.1. The molecule has 4 N–H and O–H groups in total. The highest BCUT2D eigenvalue weighted by molar-refractivity contribution is 5.69. The van der Waals surface area contributed by atoms with Gasteiger partial charge in [0.1, 0.15) is 5.82 Å². The number of hydrogen-bond donors (Lipinski definition) is 3. The summed E-state index contributed by atoms with van der Waals surface area (Å²) in [5.74, 6) is -5.02. The molecule has 0 radical (unpaired) electrons. The molecule has 0 spiro atoms. The van der Waals surface area contributed by atoms with Gasteiger partial charge in [-0.05, 0) is 0 Å². The SMILES string of the molecule is Nc1cc(-c2c(O)c(F)cc(F)c2F)[nH]n1. The number of aromatic amines is 1. The van der Waals surface area contributed by atoms with Crippen molar-refractivity contribution in [2.45, 2.75) is 0 Å². The zero-order valence-electron chi connectivity index (χ0n) is 7.76. The summed E-state index contributed by atoms with van der Waals surface area (Å²) in [6.07, 6.45) is 0. The van der Waals surface area contributed by atoms with Gasteiger partial charge in [0.2, 0.25) is 0 Å². The van der Waals surface area contributed by atoms with Crippen LogP contribution in [0.5, 0.6) is 5.75 Å². The van der Waals surface area contributed by atoms with Gasteiger partial charge >= 0.3 is 0 Å². The van der Waals surface area contributed by atoms with E-state index in [4.69, 9.17) is 5.73 Å². The van der Waals surface area contributed by atoms with Crippen LogP contribution in [0.3, 0.4) is 0 Å². The number of rotatable bonds is 1. The highest BCUT2D eigenvalue weighted by Gasteiger charge is 2.21. The van der Waals surface area contributed by atoms with E-state index in [1.54, 1.807) is 0 Å². The summed E-state index contributed by atoms with van der Waals surface area (Å²) in [6, 6.07) is 1.41. The number of nitrogens with zero attached hydrogens (tertiary/aromatic N) is 1. The van der Waals surface area contributed by atoms with Crippen LogP contribution in [0.1, 0.15) is 0 Å². The van der Waals surface area contributed by atoms with Crippen LogP contribution < -0.4 is 5.73 Å². The van der Waals surface area contributed by atoms with Crippen molar-refractivity contribution < 1.29 is 18.3 Å². The Labute approximate surface area is 87.5 Å². The van der Waals surface area contributed by atoms with E-state index in [2.05, 4.69) is 10.2 Å². The number of phenols is 1. The predicted octanol–water partition coefficient (Wildman–Crippen LogP) is 1.78. The first-order valence-electron chi connectivity index (χ1n) is 4.18. The van der Waals surface area contributed by atoms with Crippen LogP contribution in [0.25, 0.3) is 11.3 Å². The first kappa shape index (κ1) is 10.3. The molecule has 0 aliphatic carbocycles. The summed E-state index contributed by atoms with van der Waals surface area (Å²) in [4.78, 5) is 0. The predicted molar refractivity (Wildman–Crippen MR) is 50.0 cm³/mol. The zero-order valence-corrected chi connectivity index (χ0v) is 7.76. The molecule has 0 fully saturated rings. The molecule has 0 aliphatic rings. The maximum atomic E-state index is 13.3. The van der Waals surface area contributed by atoms with Crippen LogP contribution in [-0.2, 0) is 0 Å². The third-order valence-corrected chi connectivity index (χ3v) is 2.01. The summed E-state index contributed by atoms with van der Waals surface area (Å²) in [7, 11) is 0.